The molecule has 0 saturated carbocycles. The largest absolute Gasteiger partial charge is 0.497 e. The number of hydrogen-bond acceptors (Lipinski definition) is 5. The van der Waals surface area contributed by atoms with Gasteiger partial charge >= 0.3 is 0 Å². The fourth-order valence-corrected chi connectivity index (χ4v) is 4.20. The van der Waals surface area contributed by atoms with Crippen molar-refractivity contribution in [1.29, 1.82) is 0 Å². The summed E-state index contributed by atoms with van der Waals surface area (Å²) in [6.45, 7) is 4.94. The second kappa shape index (κ2) is 12.2. The zero-order valence-electron chi connectivity index (χ0n) is 20.9. The topological polar surface area (TPSA) is 97.0 Å². The van der Waals surface area contributed by atoms with E-state index in [0.717, 1.165) is 6.42 Å². The van der Waals surface area contributed by atoms with E-state index < -0.39 is 6.04 Å². The highest BCUT2D eigenvalue weighted by molar-refractivity contribution is 5.98. The molecule has 0 aromatic heterocycles. The summed E-state index contributed by atoms with van der Waals surface area (Å²) < 4.78 is 10.5. The van der Waals surface area contributed by atoms with Crippen LogP contribution in [0, 0.1) is 5.92 Å². The lowest BCUT2D eigenvalue weighted by atomic mass is 9.88. The quantitative estimate of drug-likeness (QED) is 0.573. The number of carbonyl (C=O) groups is 3. The number of likely N-dealkylation sites (tertiary alicyclic amines) is 1. The summed E-state index contributed by atoms with van der Waals surface area (Å²) in [4.78, 5) is 41.0. The number of nitrogens with one attached hydrogen (secondary N) is 2. The summed E-state index contributed by atoms with van der Waals surface area (Å²) in [6, 6.07) is 13.2. The minimum Gasteiger partial charge on any atom is -0.497 e. The number of nitrogens with zero attached hydrogens (tertiary/aromatic N) is 1. The Morgan fingerprint density at radius 3 is 2.09 bits per heavy atom. The Morgan fingerprint density at radius 2 is 1.51 bits per heavy atom. The highest BCUT2D eigenvalue weighted by Crippen LogP contribution is 2.24. The summed E-state index contributed by atoms with van der Waals surface area (Å²) >= 11 is 0. The molecular formula is C27H35N3O5. The Balaban J connectivity index is 1.71. The molecule has 188 valence electrons. The van der Waals surface area contributed by atoms with Crippen molar-refractivity contribution in [2.45, 2.75) is 45.2 Å². The number of methoxy groups -OCH3 is 2. The van der Waals surface area contributed by atoms with Gasteiger partial charge < -0.3 is 25.0 Å². The van der Waals surface area contributed by atoms with Gasteiger partial charge in [0.25, 0.3) is 11.8 Å². The number of ether oxygens (including phenoxy) is 2. The minimum absolute atomic E-state index is 0.00607. The van der Waals surface area contributed by atoms with Crippen LogP contribution in [-0.2, 0) is 4.79 Å². The third-order valence-corrected chi connectivity index (χ3v) is 6.52. The lowest BCUT2D eigenvalue weighted by Gasteiger charge is -2.36. The summed E-state index contributed by atoms with van der Waals surface area (Å²) in [5.41, 5.74) is 0.997. The molecule has 1 aliphatic heterocycles. The molecule has 2 N–H and O–H groups in total. The highest BCUT2D eigenvalue weighted by Gasteiger charge is 2.34. The Bertz CT molecular complexity index is 1030. The van der Waals surface area contributed by atoms with Crippen molar-refractivity contribution in [3.05, 3.63) is 59.7 Å². The molecule has 0 aliphatic carbocycles. The molecular weight excluding hydrogens is 446 g/mol. The highest BCUT2D eigenvalue weighted by atomic mass is 16.5. The normalized spacial score (nSPS) is 15.6. The fourth-order valence-electron chi connectivity index (χ4n) is 4.20. The maximum absolute atomic E-state index is 13.2. The Labute approximate surface area is 207 Å². The molecule has 0 bridgehead atoms. The maximum Gasteiger partial charge on any atom is 0.253 e. The fraction of sp³-hybridized carbons (Fsp3) is 0.444. The van der Waals surface area contributed by atoms with Crippen LogP contribution in [0.4, 0.5) is 0 Å². The van der Waals surface area contributed by atoms with Crippen LogP contribution >= 0.6 is 0 Å². The average Bonchev–Trinajstić information content (AvgIpc) is 2.91. The standard InChI is InChI=1S/C27H35N3O5/c1-5-18(2)28-26(32)24(29-25(31)20-8-6-10-22(16-20)34-3)19-12-14-30(15-13-19)27(33)21-9-7-11-23(17-21)35-4/h6-11,16-19,24H,5,12-15H2,1-4H3,(H,28,32)(H,29,31)/t18-,24+/m1/s1. The molecule has 1 heterocycles. The van der Waals surface area contributed by atoms with Crippen LogP contribution in [0.5, 0.6) is 11.5 Å². The molecule has 0 unspecified atom stereocenters. The van der Waals surface area contributed by atoms with Crippen LogP contribution in [0.25, 0.3) is 0 Å². The molecule has 35 heavy (non-hydrogen) atoms. The van der Waals surface area contributed by atoms with Crippen LogP contribution in [0.3, 0.4) is 0 Å². The molecule has 0 radical (unpaired) electrons. The predicted molar refractivity (Wildman–Crippen MR) is 134 cm³/mol. The van der Waals surface area contributed by atoms with Crippen molar-refractivity contribution in [2.24, 2.45) is 5.92 Å². The number of rotatable bonds is 9. The van der Waals surface area contributed by atoms with E-state index in [1.54, 1.807) is 67.7 Å². The van der Waals surface area contributed by atoms with Gasteiger partial charge in [0.05, 0.1) is 14.2 Å². The van der Waals surface area contributed by atoms with Crippen molar-refractivity contribution in [3.8, 4) is 11.5 Å². The van der Waals surface area contributed by atoms with Crippen LogP contribution in [0.1, 0.15) is 53.8 Å². The third kappa shape index (κ3) is 6.74. The first-order chi connectivity index (χ1) is 16.9. The van der Waals surface area contributed by atoms with E-state index in [4.69, 9.17) is 9.47 Å². The summed E-state index contributed by atoms with van der Waals surface area (Å²) in [5, 5.41) is 5.95. The molecule has 3 rings (SSSR count). The SMILES string of the molecule is CC[C@@H](C)NC(=O)[C@@H](NC(=O)c1cccc(OC)c1)C1CCN(C(=O)c2cccc(OC)c2)CC1. The molecule has 1 aliphatic rings. The Hall–Kier alpha value is -3.55. The smallest absolute Gasteiger partial charge is 0.253 e. The van der Waals surface area contributed by atoms with Crippen molar-refractivity contribution >= 4 is 17.7 Å². The second-order valence-corrected chi connectivity index (χ2v) is 8.86. The van der Waals surface area contributed by atoms with Crippen molar-refractivity contribution < 1.29 is 23.9 Å². The Kier molecular flexibility index (Phi) is 9.11. The van der Waals surface area contributed by atoms with Crippen molar-refractivity contribution in [3.63, 3.8) is 0 Å². The molecule has 8 nitrogen and oxygen atoms in total. The average molecular weight is 482 g/mol. The molecule has 8 heteroatoms. The van der Waals surface area contributed by atoms with Gasteiger partial charge in [-0.2, -0.15) is 0 Å². The maximum atomic E-state index is 13.2. The lowest BCUT2D eigenvalue weighted by Crippen LogP contribution is -2.55. The first-order valence-corrected chi connectivity index (χ1v) is 12.0. The zero-order valence-corrected chi connectivity index (χ0v) is 20.9. The monoisotopic (exact) mass is 481 g/mol. The van der Waals surface area contributed by atoms with Crippen LogP contribution in [0.2, 0.25) is 0 Å². The molecule has 3 amide bonds. The number of hydrogen-bond donors (Lipinski definition) is 2. The summed E-state index contributed by atoms with van der Waals surface area (Å²) in [7, 11) is 3.11. The summed E-state index contributed by atoms with van der Waals surface area (Å²) in [6.07, 6.45) is 2.00. The van der Waals surface area contributed by atoms with Gasteiger partial charge in [-0.1, -0.05) is 19.1 Å². The van der Waals surface area contributed by atoms with E-state index in [-0.39, 0.29) is 29.7 Å². The second-order valence-electron chi connectivity index (χ2n) is 8.86. The van der Waals surface area contributed by atoms with Crippen molar-refractivity contribution in [1.82, 2.24) is 15.5 Å². The van der Waals surface area contributed by atoms with Gasteiger partial charge in [-0.25, -0.2) is 0 Å². The van der Waals surface area contributed by atoms with Crippen LogP contribution in [0.15, 0.2) is 48.5 Å². The van der Waals surface area contributed by atoms with Gasteiger partial charge in [-0.15, -0.1) is 0 Å². The van der Waals surface area contributed by atoms with Crippen molar-refractivity contribution in [2.75, 3.05) is 27.3 Å². The molecule has 0 spiro atoms. The zero-order chi connectivity index (χ0) is 25.4. The third-order valence-electron chi connectivity index (χ3n) is 6.52. The van der Waals surface area contributed by atoms with Gasteiger partial charge in [0.15, 0.2) is 0 Å². The van der Waals surface area contributed by atoms with E-state index >= 15 is 0 Å². The predicted octanol–water partition coefficient (Wildman–Crippen LogP) is 3.27. The molecule has 2 aromatic rings. The Morgan fingerprint density at radius 1 is 0.943 bits per heavy atom. The lowest BCUT2D eigenvalue weighted by molar-refractivity contribution is -0.125. The first-order valence-electron chi connectivity index (χ1n) is 12.0. The minimum atomic E-state index is -0.697. The van der Waals surface area contributed by atoms with Gasteiger partial charge in [-0.05, 0) is 68.5 Å². The molecule has 1 fully saturated rings. The van der Waals surface area contributed by atoms with E-state index in [9.17, 15) is 14.4 Å². The molecule has 2 atom stereocenters. The van der Waals surface area contributed by atoms with E-state index in [2.05, 4.69) is 10.6 Å². The van der Waals surface area contributed by atoms with Crippen LogP contribution < -0.4 is 20.1 Å². The number of amides is 3. The van der Waals surface area contributed by atoms with Gasteiger partial charge in [-0.3, -0.25) is 14.4 Å². The van der Waals surface area contributed by atoms with Gasteiger partial charge in [0, 0.05) is 30.3 Å². The van der Waals surface area contributed by atoms with E-state index in [0.29, 0.717) is 48.6 Å². The van der Waals surface area contributed by atoms with Gasteiger partial charge in [0.1, 0.15) is 17.5 Å². The molecule has 1 saturated heterocycles. The van der Waals surface area contributed by atoms with E-state index in [1.165, 1.54) is 0 Å². The van der Waals surface area contributed by atoms with E-state index in [1.807, 2.05) is 13.8 Å². The summed E-state index contributed by atoms with van der Waals surface area (Å²) in [5.74, 6) is 0.512. The number of piperidine rings is 1. The number of benzene rings is 2. The first kappa shape index (κ1) is 26.1. The number of carbonyl (C=O) groups excluding carboxylic acids is 3. The van der Waals surface area contributed by atoms with Gasteiger partial charge in [0.2, 0.25) is 5.91 Å². The van der Waals surface area contributed by atoms with Crippen LogP contribution in [-0.4, -0.2) is 62.0 Å². The molecule has 2 aromatic carbocycles.